The highest BCUT2D eigenvalue weighted by molar-refractivity contribution is 5.96. The van der Waals surface area contributed by atoms with Gasteiger partial charge in [-0.1, -0.05) is 0 Å². The van der Waals surface area contributed by atoms with E-state index in [2.05, 4.69) is 9.97 Å². The second kappa shape index (κ2) is 5.47. The van der Waals surface area contributed by atoms with E-state index in [1.165, 1.54) is 6.33 Å². The van der Waals surface area contributed by atoms with Crippen LogP contribution >= 0.6 is 0 Å². The third-order valence-electron chi connectivity index (χ3n) is 5.26. The lowest BCUT2D eigenvalue weighted by Crippen LogP contribution is -2.42. The van der Waals surface area contributed by atoms with Crippen LogP contribution in [0.3, 0.4) is 0 Å². The van der Waals surface area contributed by atoms with Crippen LogP contribution in [0.1, 0.15) is 25.7 Å². The Morgan fingerprint density at radius 3 is 2.52 bits per heavy atom. The fourth-order valence-corrected chi connectivity index (χ4v) is 4.04. The largest absolute Gasteiger partial charge is 0.325 e. The Balaban J connectivity index is 1.46. The van der Waals surface area contributed by atoms with E-state index >= 15 is 0 Å². The van der Waals surface area contributed by atoms with E-state index in [1.807, 2.05) is 9.80 Å². The first-order valence-electron chi connectivity index (χ1n) is 8.26. The molecule has 1 atom stereocenters. The number of aromatic nitrogens is 2. The average Bonchev–Trinajstić information content (AvgIpc) is 3.29. The smallest absolute Gasteiger partial charge is 0.320 e. The molecular weight excluding hydrogens is 294 g/mol. The van der Waals surface area contributed by atoms with Gasteiger partial charge in [0.25, 0.3) is 0 Å². The van der Waals surface area contributed by atoms with Crippen LogP contribution in [0, 0.1) is 5.41 Å². The number of rotatable bonds is 1. The van der Waals surface area contributed by atoms with E-state index in [0.29, 0.717) is 19.5 Å². The highest BCUT2D eigenvalue weighted by Gasteiger charge is 2.49. The number of hydrogen-bond acceptors (Lipinski definition) is 4. The monoisotopic (exact) mass is 315 g/mol. The molecule has 1 spiro atoms. The van der Waals surface area contributed by atoms with Gasteiger partial charge in [-0.3, -0.25) is 4.79 Å². The summed E-state index contributed by atoms with van der Waals surface area (Å²) in [5, 5.41) is 0. The molecule has 3 aliphatic heterocycles. The van der Waals surface area contributed by atoms with Crippen molar-refractivity contribution in [2.75, 3.05) is 37.6 Å². The fraction of sp³-hybridized carbons (Fsp3) is 0.625. The number of carbonyl (C=O) groups is 2. The summed E-state index contributed by atoms with van der Waals surface area (Å²) in [6.07, 6.45) is 8.41. The average molecular weight is 315 g/mol. The van der Waals surface area contributed by atoms with Gasteiger partial charge in [-0.05, 0) is 19.3 Å². The summed E-state index contributed by atoms with van der Waals surface area (Å²) in [6, 6.07) is 0.147. The van der Waals surface area contributed by atoms with Gasteiger partial charge in [-0.15, -0.1) is 0 Å². The van der Waals surface area contributed by atoms with Gasteiger partial charge in [0, 0.05) is 44.6 Å². The van der Waals surface area contributed by atoms with Crippen molar-refractivity contribution in [1.82, 2.24) is 19.8 Å². The zero-order valence-electron chi connectivity index (χ0n) is 13.1. The van der Waals surface area contributed by atoms with Crippen LogP contribution in [-0.4, -0.2) is 64.4 Å². The van der Waals surface area contributed by atoms with E-state index in [4.69, 9.17) is 0 Å². The van der Waals surface area contributed by atoms with Crippen molar-refractivity contribution >= 4 is 17.6 Å². The first-order valence-corrected chi connectivity index (χ1v) is 8.26. The summed E-state index contributed by atoms with van der Waals surface area (Å²) < 4.78 is 0. The minimum atomic E-state index is -0.109. The Morgan fingerprint density at radius 2 is 1.78 bits per heavy atom. The molecule has 0 unspecified atom stereocenters. The summed E-state index contributed by atoms with van der Waals surface area (Å²) in [5.41, 5.74) is 0.640. The predicted octanol–water partition coefficient (Wildman–Crippen LogP) is 1.12. The molecule has 3 aliphatic rings. The number of urea groups is 1. The van der Waals surface area contributed by atoms with Crippen molar-refractivity contribution in [2.24, 2.45) is 5.41 Å². The van der Waals surface area contributed by atoms with Gasteiger partial charge in [0.1, 0.15) is 6.33 Å². The molecule has 0 saturated carbocycles. The van der Waals surface area contributed by atoms with E-state index in [-0.39, 0.29) is 17.4 Å². The molecule has 0 bridgehead atoms. The quantitative estimate of drug-likeness (QED) is 0.779. The SMILES string of the molecule is O=C(N1CCCC1)N1CC[C@@]2(CC(=O)N(c3cncnc3)C2)C1. The van der Waals surface area contributed by atoms with Gasteiger partial charge in [-0.2, -0.15) is 0 Å². The first-order chi connectivity index (χ1) is 11.2. The van der Waals surface area contributed by atoms with Gasteiger partial charge in [0.15, 0.2) is 0 Å². The molecule has 3 fully saturated rings. The van der Waals surface area contributed by atoms with Crippen molar-refractivity contribution in [1.29, 1.82) is 0 Å². The molecule has 7 nitrogen and oxygen atoms in total. The fourth-order valence-electron chi connectivity index (χ4n) is 4.04. The Hall–Kier alpha value is -2.18. The molecule has 0 radical (unpaired) electrons. The van der Waals surface area contributed by atoms with Crippen molar-refractivity contribution in [3.05, 3.63) is 18.7 Å². The molecule has 1 aromatic rings. The second-order valence-corrected chi connectivity index (χ2v) is 6.90. The van der Waals surface area contributed by atoms with Crippen LogP contribution in [0.2, 0.25) is 0 Å². The molecule has 3 amide bonds. The molecule has 3 saturated heterocycles. The van der Waals surface area contributed by atoms with E-state index in [1.54, 1.807) is 17.3 Å². The van der Waals surface area contributed by atoms with Crippen LogP contribution < -0.4 is 4.90 Å². The molecule has 7 heteroatoms. The second-order valence-electron chi connectivity index (χ2n) is 6.90. The molecule has 0 aliphatic carbocycles. The topological polar surface area (TPSA) is 69.6 Å². The van der Waals surface area contributed by atoms with Gasteiger partial charge >= 0.3 is 6.03 Å². The molecule has 4 rings (SSSR count). The lowest BCUT2D eigenvalue weighted by atomic mass is 9.86. The Kier molecular flexibility index (Phi) is 3.43. The summed E-state index contributed by atoms with van der Waals surface area (Å²) in [5.74, 6) is 0.107. The van der Waals surface area contributed by atoms with Crippen molar-refractivity contribution in [3.8, 4) is 0 Å². The highest BCUT2D eigenvalue weighted by Crippen LogP contribution is 2.41. The third kappa shape index (κ3) is 2.54. The molecular formula is C16H21N5O2. The Labute approximate surface area is 135 Å². The molecule has 122 valence electrons. The van der Waals surface area contributed by atoms with E-state index in [9.17, 15) is 9.59 Å². The summed E-state index contributed by atoms with van der Waals surface area (Å²) >= 11 is 0. The lowest BCUT2D eigenvalue weighted by Gasteiger charge is -2.27. The van der Waals surface area contributed by atoms with Crippen LogP contribution in [-0.2, 0) is 4.79 Å². The van der Waals surface area contributed by atoms with E-state index < -0.39 is 0 Å². The van der Waals surface area contributed by atoms with Crippen LogP contribution in [0.5, 0.6) is 0 Å². The maximum absolute atomic E-state index is 12.6. The van der Waals surface area contributed by atoms with Crippen LogP contribution in [0.4, 0.5) is 10.5 Å². The molecule has 0 aromatic carbocycles. The van der Waals surface area contributed by atoms with Crippen molar-refractivity contribution < 1.29 is 9.59 Å². The summed E-state index contributed by atoms with van der Waals surface area (Å²) in [6.45, 7) is 3.83. The highest BCUT2D eigenvalue weighted by atomic mass is 16.2. The van der Waals surface area contributed by atoms with Gasteiger partial charge in [0.2, 0.25) is 5.91 Å². The minimum absolute atomic E-state index is 0.107. The minimum Gasteiger partial charge on any atom is -0.325 e. The van der Waals surface area contributed by atoms with Gasteiger partial charge in [0.05, 0.1) is 18.1 Å². The predicted molar refractivity (Wildman–Crippen MR) is 83.8 cm³/mol. The maximum Gasteiger partial charge on any atom is 0.320 e. The van der Waals surface area contributed by atoms with E-state index in [0.717, 1.165) is 44.6 Å². The molecule has 23 heavy (non-hydrogen) atoms. The normalized spacial score (nSPS) is 27.5. The maximum atomic E-state index is 12.6. The summed E-state index contributed by atoms with van der Waals surface area (Å²) in [4.78, 5) is 38.6. The zero-order chi connectivity index (χ0) is 15.9. The molecule has 0 N–H and O–H groups in total. The molecule has 4 heterocycles. The molecule has 1 aromatic heterocycles. The van der Waals surface area contributed by atoms with Crippen molar-refractivity contribution in [3.63, 3.8) is 0 Å². The standard InChI is InChI=1S/C16H21N5O2/c22-14-7-16(11-21(14)13-8-17-12-18-9-13)3-6-20(10-16)15(23)19-4-1-2-5-19/h8-9,12H,1-7,10-11H2/t16-/m1/s1. The van der Waals surface area contributed by atoms with Crippen LogP contribution in [0.25, 0.3) is 0 Å². The third-order valence-corrected chi connectivity index (χ3v) is 5.26. The first kappa shape index (κ1) is 14.4. The Bertz CT molecular complexity index is 616. The van der Waals surface area contributed by atoms with Gasteiger partial charge < -0.3 is 14.7 Å². The van der Waals surface area contributed by atoms with Crippen molar-refractivity contribution in [2.45, 2.75) is 25.7 Å². The number of nitrogens with zero attached hydrogens (tertiary/aromatic N) is 5. The number of anilines is 1. The van der Waals surface area contributed by atoms with Crippen LogP contribution in [0.15, 0.2) is 18.7 Å². The number of amides is 3. The number of carbonyl (C=O) groups excluding carboxylic acids is 2. The number of hydrogen-bond donors (Lipinski definition) is 0. The zero-order valence-corrected chi connectivity index (χ0v) is 13.1. The van der Waals surface area contributed by atoms with Gasteiger partial charge in [-0.25, -0.2) is 14.8 Å². The Morgan fingerprint density at radius 1 is 1.04 bits per heavy atom. The summed E-state index contributed by atoms with van der Waals surface area (Å²) in [7, 11) is 0. The lowest BCUT2D eigenvalue weighted by molar-refractivity contribution is -0.117. The number of likely N-dealkylation sites (tertiary alicyclic amines) is 2.